The number of methoxy groups -OCH3 is 1. The van der Waals surface area contributed by atoms with Gasteiger partial charge in [0.1, 0.15) is 6.04 Å². The van der Waals surface area contributed by atoms with Crippen molar-refractivity contribution in [3.63, 3.8) is 0 Å². The third kappa shape index (κ3) is 3.80. The van der Waals surface area contributed by atoms with Crippen LogP contribution in [-0.2, 0) is 27.4 Å². The first-order chi connectivity index (χ1) is 14.0. The molecule has 0 bridgehead atoms. The van der Waals surface area contributed by atoms with Crippen molar-refractivity contribution >= 4 is 17.7 Å². The Hall–Kier alpha value is -2.29. The van der Waals surface area contributed by atoms with E-state index >= 15 is 0 Å². The molecule has 3 aliphatic rings. The molecular formula is C21H28N4O4. The van der Waals surface area contributed by atoms with Crippen LogP contribution < -0.4 is 11.1 Å². The Morgan fingerprint density at radius 2 is 2.10 bits per heavy atom. The minimum Gasteiger partial charge on any atom is -0.384 e. The summed E-state index contributed by atoms with van der Waals surface area (Å²) >= 11 is 0. The van der Waals surface area contributed by atoms with E-state index in [2.05, 4.69) is 16.3 Å². The third-order valence-corrected chi connectivity index (χ3v) is 6.34. The highest BCUT2D eigenvalue weighted by molar-refractivity contribution is 6.05. The van der Waals surface area contributed by atoms with Crippen molar-refractivity contribution in [3.05, 3.63) is 34.9 Å². The lowest BCUT2D eigenvalue weighted by Gasteiger charge is -2.29. The highest BCUT2D eigenvalue weighted by Crippen LogP contribution is 2.32. The van der Waals surface area contributed by atoms with Crippen LogP contribution in [-0.4, -0.2) is 66.4 Å². The monoisotopic (exact) mass is 400 g/mol. The average molecular weight is 400 g/mol. The van der Waals surface area contributed by atoms with Gasteiger partial charge in [0, 0.05) is 51.3 Å². The zero-order valence-corrected chi connectivity index (χ0v) is 16.7. The van der Waals surface area contributed by atoms with E-state index in [1.54, 1.807) is 12.0 Å². The van der Waals surface area contributed by atoms with Crippen LogP contribution in [0.1, 0.15) is 40.7 Å². The fraction of sp³-hybridized carbons (Fsp3) is 0.571. The summed E-state index contributed by atoms with van der Waals surface area (Å²) in [6.07, 6.45) is 1.65. The number of benzene rings is 1. The minimum absolute atomic E-state index is 0.134. The lowest BCUT2D eigenvalue weighted by Crippen LogP contribution is -2.52. The summed E-state index contributed by atoms with van der Waals surface area (Å²) in [4.78, 5) is 40.7. The lowest BCUT2D eigenvalue weighted by molar-refractivity contribution is -0.136. The second-order valence-electron chi connectivity index (χ2n) is 8.22. The van der Waals surface area contributed by atoms with Crippen molar-refractivity contribution in [3.8, 4) is 0 Å². The Bertz CT molecular complexity index is 827. The normalized spacial score (nSPS) is 27.4. The minimum atomic E-state index is -0.588. The first-order valence-electron chi connectivity index (χ1n) is 10.2. The molecule has 2 saturated heterocycles. The first kappa shape index (κ1) is 20.0. The van der Waals surface area contributed by atoms with E-state index in [0.717, 1.165) is 37.2 Å². The van der Waals surface area contributed by atoms with Gasteiger partial charge in [0.15, 0.2) is 0 Å². The summed E-state index contributed by atoms with van der Waals surface area (Å²) in [6.45, 7) is 3.36. The van der Waals surface area contributed by atoms with Gasteiger partial charge in [-0.15, -0.1) is 0 Å². The second kappa shape index (κ2) is 8.22. The highest BCUT2D eigenvalue weighted by Gasteiger charge is 2.40. The Morgan fingerprint density at radius 1 is 1.28 bits per heavy atom. The van der Waals surface area contributed by atoms with E-state index in [4.69, 9.17) is 10.5 Å². The number of likely N-dealkylation sites (tertiary alicyclic amines) is 1. The number of piperidine rings is 1. The summed E-state index contributed by atoms with van der Waals surface area (Å²) in [5.41, 5.74) is 8.74. The predicted molar refractivity (Wildman–Crippen MR) is 106 cm³/mol. The molecule has 0 radical (unpaired) electrons. The van der Waals surface area contributed by atoms with Crippen molar-refractivity contribution < 1.29 is 19.1 Å². The molecule has 0 aliphatic carbocycles. The SMILES string of the molecule is COC[C@H]1C[C@@H](CN)N(Cc2cccc3c2CN(C2CCC(=O)NC2=O)C3=O)C1. The van der Waals surface area contributed by atoms with Gasteiger partial charge in [0.2, 0.25) is 11.8 Å². The van der Waals surface area contributed by atoms with Crippen LogP contribution in [0.3, 0.4) is 0 Å². The molecule has 0 aromatic heterocycles. The zero-order valence-electron chi connectivity index (χ0n) is 16.7. The van der Waals surface area contributed by atoms with Crippen LogP contribution in [0.5, 0.6) is 0 Å². The van der Waals surface area contributed by atoms with Crippen molar-refractivity contribution in [1.29, 1.82) is 0 Å². The number of hydrogen-bond donors (Lipinski definition) is 2. The van der Waals surface area contributed by atoms with Crippen LogP contribution in [0.25, 0.3) is 0 Å². The van der Waals surface area contributed by atoms with E-state index < -0.39 is 6.04 Å². The van der Waals surface area contributed by atoms with E-state index in [9.17, 15) is 14.4 Å². The van der Waals surface area contributed by atoms with Crippen molar-refractivity contribution in [1.82, 2.24) is 15.1 Å². The fourth-order valence-electron chi connectivity index (χ4n) is 4.90. The summed E-state index contributed by atoms with van der Waals surface area (Å²) in [7, 11) is 1.72. The Labute approximate surface area is 170 Å². The fourth-order valence-corrected chi connectivity index (χ4v) is 4.90. The Balaban J connectivity index is 1.53. The van der Waals surface area contributed by atoms with Crippen molar-refractivity contribution in [2.24, 2.45) is 11.7 Å². The third-order valence-electron chi connectivity index (χ3n) is 6.34. The van der Waals surface area contributed by atoms with Gasteiger partial charge >= 0.3 is 0 Å². The molecule has 3 amide bonds. The van der Waals surface area contributed by atoms with Crippen LogP contribution in [0.4, 0.5) is 0 Å². The summed E-state index contributed by atoms with van der Waals surface area (Å²) in [5, 5.41) is 2.35. The molecule has 1 unspecified atom stereocenters. The topological polar surface area (TPSA) is 105 Å². The molecule has 0 saturated carbocycles. The van der Waals surface area contributed by atoms with E-state index in [0.29, 0.717) is 37.0 Å². The Morgan fingerprint density at radius 3 is 2.83 bits per heavy atom. The van der Waals surface area contributed by atoms with Gasteiger partial charge in [-0.1, -0.05) is 12.1 Å². The highest BCUT2D eigenvalue weighted by atomic mass is 16.5. The maximum absolute atomic E-state index is 13.0. The van der Waals surface area contributed by atoms with Crippen LogP contribution in [0, 0.1) is 5.92 Å². The Kier molecular flexibility index (Phi) is 5.67. The summed E-state index contributed by atoms with van der Waals surface area (Å²) in [5.74, 6) is -0.324. The molecule has 3 aliphatic heterocycles. The molecule has 156 valence electrons. The van der Waals surface area contributed by atoms with Gasteiger partial charge in [-0.05, 0) is 36.0 Å². The van der Waals surface area contributed by atoms with Gasteiger partial charge in [0.05, 0.1) is 6.61 Å². The molecular weight excluding hydrogens is 372 g/mol. The maximum Gasteiger partial charge on any atom is 0.255 e. The number of imide groups is 1. The number of carbonyl (C=O) groups excluding carboxylic acids is 3. The molecule has 1 aromatic rings. The number of nitrogens with zero attached hydrogens (tertiary/aromatic N) is 2. The van der Waals surface area contributed by atoms with Gasteiger partial charge in [-0.25, -0.2) is 0 Å². The number of nitrogens with one attached hydrogen (secondary N) is 1. The van der Waals surface area contributed by atoms with Gasteiger partial charge in [-0.2, -0.15) is 0 Å². The van der Waals surface area contributed by atoms with Crippen LogP contribution in [0.15, 0.2) is 18.2 Å². The smallest absolute Gasteiger partial charge is 0.255 e. The van der Waals surface area contributed by atoms with E-state index in [-0.39, 0.29) is 24.1 Å². The number of rotatable bonds is 6. The predicted octanol–water partition coefficient (Wildman–Crippen LogP) is 0.243. The quantitative estimate of drug-likeness (QED) is 0.663. The van der Waals surface area contributed by atoms with Crippen LogP contribution >= 0.6 is 0 Å². The molecule has 4 rings (SSSR count). The van der Waals surface area contributed by atoms with Crippen molar-refractivity contribution in [2.75, 3.05) is 26.8 Å². The summed E-state index contributed by atoms with van der Waals surface area (Å²) < 4.78 is 5.32. The summed E-state index contributed by atoms with van der Waals surface area (Å²) in [6, 6.07) is 5.49. The zero-order chi connectivity index (χ0) is 20.5. The van der Waals surface area contributed by atoms with E-state index in [1.165, 1.54) is 0 Å². The number of hydrogen-bond acceptors (Lipinski definition) is 6. The van der Waals surface area contributed by atoms with Crippen molar-refractivity contribution in [2.45, 2.75) is 44.4 Å². The van der Waals surface area contributed by atoms with Gasteiger partial charge < -0.3 is 15.4 Å². The number of fused-ring (bicyclic) bond motifs is 1. The number of nitrogens with two attached hydrogens (primary N) is 1. The lowest BCUT2D eigenvalue weighted by atomic mass is 10.0. The largest absolute Gasteiger partial charge is 0.384 e. The molecule has 8 nitrogen and oxygen atoms in total. The molecule has 0 spiro atoms. The first-order valence-corrected chi connectivity index (χ1v) is 10.2. The number of amides is 3. The molecule has 3 heterocycles. The van der Waals surface area contributed by atoms with E-state index in [1.807, 2.05) is 12.1 Å². The van der Waals surface area contributed by atoms with Gasteiger partial charge in [0.25, 0.3) is 5.91 Å². The molecule has 3 N–H and O–H groups in total. The second-order valence-corrected chi connectivity index (χ2v) is 8.22. The molecule has 8 heteroatoms. The number of carbonyl (C=O) groups is 3. The molecule has 29 heavy (non-hydrogen) atoms. The standard InChI is InChI=1S/C21H28N4O4/c1-29-12-13-7-15(8-22)24(9-13)10-14-3-2-4-16-17(14)11-25(21(16)28)18-5-6-19(26)23-20(18)27/h2-4,13,15,18H,5-12,22H2,1H3,(H,23,26,27)/t13-,15-,18?/m0/s1. The van der Waals surface area contributed by atoms with Crippen LogP contribution in [0.2, 0.25) is 0 Å². The maximum atomic E-state index is 13.0. The average Bonchev–Trinajstić information content (AvgIpc) is 3.24. The molecule has 2 fully saturated rings. The molecule has 3 atom stereocenters. The molecule has 1 aromatic carbocycles. The number of ether oxygens (including phenoxy) is 1. The van der Waals surface area contributed by atoms with Gasteiger partial charge in [-0.3, -0.25) is 24.6 Å².